The smallest absolute Gasteiger partial charge is 0.335 e. The molecule has 6 N–H and O–H groups in total. The van der Waals surface area contributed by atoms with Crippen LogP contribution in [0.5, 0.6) is 0 Å². The molecule has 0 aromatic heterocycles. The minimum atomic E-state index is -2.13. The second-order valence-corrected chi connectivity index (χ2v) is 8.51. The summed E-state index contributed by atoms with van der Waals surface area (Å²) in [6.45, 7) is 0. The molecule has 4 rings (SSSR count). The second-order valence-electron chi connectivity index (χ2n) is 8.51. The summed E-state index contributed by atoms with van der Waals surface area (Å²) in [5.74, 6) is -0.602. The van der Waals surface area contributed by atoms with Gasteiger partial charge in [0.05, 0.1) is 0 Å². The number of carbonyl (C=O) groups excluding carboxylic acids is 2. The largest absolute Gasteiger partial charge is 0.479 e. The van der Waals surface area contributed by atoms with Crippen molar-refractivity contribution in [2.75, 3.05) is 0 Å². The zero-order chi connectivity index (χ0) is 19.3. The van der Waals surface area contributed by atoms with Gasteiger partial charge in [0.2, 0.25) is 5.91 Å². The molecule has 1 heterocycles. The van der Waals surface area contributed by atoms with Gasteiger partial charge in [-0.3, -0.25) is 15.0 Å². The van der Waals surface area contributed by atoms with E-state index < -0.39 is 24.1 Å². The number of hydrazine groups is 1. The predicted molar refractivity (Wildman–Crippen MR) is 91.8 cm³/mol. The lowest BCUT2D eigenvalue weighted by Crippen LogP contribution is -2.60. The van der Waals surface area contributed by atoms with E-state index in [-0.39, 0.29) is 23.9 Å². The van der Waals surface area contributed by atoms with Gasteiger partial charge >= 0.3 is 5.97 Å². The number of nitrogens with one attached hydrogen (secondary N) is 3. The number of aliphatic carboxylic acids is 1. The molecule has 1 saturated heterocycles. The molecule has 27 heavy (non-hydrogen) atoms. The van der Waals surface area contributed by atoms with E-state index in [4.69, 9.17) is 5.11 Å². The van der Waals surface area contributed by atoms with Gasteiger partial charge in [-0.15, -0.1) is 0 Å². The summed E-state index contributed by atoms with van der Waals surface area (Å²) in [6, 6.07) is 0.0182. The number of carboxylic acids is 1. The highest BCUT2D eigenvalue weighted by Crippen LogP contribution is 2.56. The minimum Gasteiger partial charge on any atom is -0.479 e. The molecule has 2 amide bonds. The van der Waals surface area contributed by atoms with Gasteiger partial charge in [0.1, 0.15) is 0 Å². The summed E-state index contributed by atoms with van der Waals surface area (Å²) in [5.41, 5.74) is 6.04. The van der Waals surface area contributed by atoms with E-state index in [9.17, 15) is 24.6 Å². The van der Waals surface area contributed by atoms with Gasteiger partial charge in [0, 0.05) is 18.0 Å². The van der Waals surface area contributed by atoms with Crippen LogP contribution in [0.2, 0.25) is 0 Å². The van der Waals surface area contributed by atoms with Crippen molar-refractivity contribution >= 4 is 17.8 Å². The molecular formula is C18H27N3O6. The van der Waals surface area contributed by atoms with E-state index in [1.54, 1.807) is 0 Å². The molecule has 9 nitrogen and oxygen atoms in total. The van der Waals surface area contributed by atoms with E-state index in [1.165, 1.54) is 0 Å². The van der Waals surface area contributed by atoms with Crippen LogP contribution in [-0.2, 0) is 14.4 Å². The van der Waals surface area contributed by atoms with E-state index in [1.807, 2.05) is 0 Å². The van der Waals surface area contributed by atoms with E-state index in [2.05, 4.69) is 16.2 Å². The molecule has 4 aliphatic rings. The maximum absolute atomic E-state index is 12.2. The summed E-state index contributed by atoms with van der Waals surface area (Å²) < 4.78 is 0. The number of hydrogen-bond donors (Lipinski definition) is 6. The second kappa shape index (κ2) is 7.03. The fourth-order valence-corrected chi connectivity index (χ4v) is 6.18. The van der Waals surface area contributed by atoms with Crippen molar-refractivity contribution in [1.29, 1.82) is 0 Å². The Bertz CT molecular complexity index is 643. The van der Waals surface area contributed by atoms with Crippen LogP contribution in [0.1, 0.15) is 38.5 Å². The summed E-state index contributed by atoms with van der Waals surface area (Å²) in [4.78, 5) is 35.1. The number of carbonyl (C=O) groups is 3. The molecule has 9 heteroatoms. The molecule has 0 radical (unpaired) electrons. The van der Waals surface area contributed by atoms with Crippen LogP contribution in [0, 0.1) is 29.6 Å². The fourth-order valence-electron chi connectivity index (χ4n) is 6.18. The molecule has 4 fully saturated rings. The standard InChI is InChI=1S/C18H27N3O6/c22-14(15(23)18(26)27)17(25)19-7-4-5-8-9-2-1-3-10-12(9)13(11(8)6-7)20-21-16(10)24/h7-15,20,22-23H,1-6H2,(H,19,25)(H,21,24)(H,26,27). The van der Waals surface area contributed by atoms with Gasteiger partial charge in [-0.1, -0.05) is 6.42 Å². The third-order valence-electron chi connectivity index (χ3n) is 7.26. The molecule has 9 unspecified atom stereocenters. The Morgan fingerprint density at radius 2 is 1.81 bits per heavy atom. The average molecular weight is 381 g/mol. The lowest BCUT2D eigenvalue weighted by molar-refractivity contribution is -0.158. The first-order chi connectivity index (χ1) is 12.9. The van der Waals surface area contributed by atoms with Crippen molar-refractivity contribution in [2.45, 2.75) is 62.8 Å². The molecule has 0 aromatic carbocycles. The topological polar surface area (TPSA) is 148 Å². The van der Waals surface area contributed by atoms with Crippen LogP contribution >= 0.6 is 0 Å². The summed E-state index contributed by atoms with van der Waals surface area (Å²) in [7, 11) is 0. The fraction of sp³-hybridized carbons (Fsp3) is 0.833. The Labute approximate surface area is 156 Å². The normalized spacial score (nSPS) is 42.3. The van der Waals surface area contributed by atoms with Crippen molar-refractivity contribution in [3.8, 4) is 0 Å². The third-order valence-corrected chi connectivity index (χ3v) is 7.26. The molecular weight excluding hydrogens is 354 g/mol. The first kappa shape index (κ1) is 18.6. The van der Waals surface area contributed by atoms with Crippen molar-refractivity contribution in [3.63, 3.8) is 0 Å². The Kier molecular flexibility index (Phi) is 4.85. The zero-order valence-corrected chi connectivity index (χ0v) is 15.0. The van der Waals surface area contributed by atoms with Crippen LogP contribution in [0.25, 0.3) is 0 Å². The number of carboxylic acid groups (broad SMARTS) is 1. The molecule has 3 saturated carbocycles. The van der Waals surface area contributed by atoms with Gasteiger partial charge in [0.25, 0.3) is 5.91 Å². The highest BCUT2D eigenvalue weighted by Gasteiger charge is 2.58. The highest BCUT2D eigenvalue weighted by molar-refractivity contribution is 5.87. The number of aliphatic hydroxyl groups excluding tert-OH is 2. The van der Waals surface area contributed by atoms with E-state index >= 15 is 0 Å². The van der Waals surface area contributed by atoms with E-state index in [0.29, 0.717) is 23.7 Å². The SMILES string of the molecule is O=C(O)C(O)C(O)C(=O)NC1CCC2C(C1)C1NNC(=O)C3CCCC2C31. The maximum atomic E-state index is 12.2. The Balaban J connectivity index is 1.43. The third kappa shape index (κ3) is 3.11. The minimum absolute atomic E-state index is 0.0705. The predicted octanol–water partition coefficient (Wildman–Crippen LogP) is -1.26. The summed E-state index contributed by atoms with van der Waals surface area (Å²) >= 11 is 0. The van der Waals surface area contributed by atoms with Crippen LogP contribution in [0.15, 0.2) is 0 Å². The van der Waals surface area contributed by atoms with Crippen LogP contribution in [0.4, 0.5) is 0 Å². The van der Waals surface area contributed by atoms with Crippen LogP contribution in [0.3, 0.4) is 0 Å². The molecule has 3 aliphatic carbocycles. The summed E-state index contributed by atoms with van der Waals surface area (Å²) in [6.07, 6.45) is 1.46. The summed E-state index contributed by atoms with van der Waals surface area (Å²) in [5, 5.41) is 30.5. The molecule has 150 valence electrons. The first-order valence-corrected chi connectivity index (χ1v) is 9.83. The highest BCUT2D eigenvalue weighted by atomic mass is 16.4. The molecule has 1 aliphatic heterocycles. The Morgan fingerprint density at radius 3 is 2.56 bits per heavy atom. The van der Waals surface area contributed by atoms with Gasteiger partial charge in [0.15, 0.2) is 12.2 Å². The zero-order valence-electron chi connectivity index (χ0n) is 15.0. The molecule has 0 bridgehead atoms. The number of amides is 2. The van der Waals surface area contributed by atoms with Gasteiger partial charge in [-0.05, 0) is 55.8 Å². The lowest BCUT2D eigenvalue weighted by Gasteiger charge is -2.41. The quantitative estimate of drug-likeness (QED) is 0.356. The van der Waals surface area contributed by atoms with Crippen molar-refractivity contribution in [1.82, 2.24) is 16.2 Å². The van der Waals surface area contributed by atoms with Crippen LogP contribution in [-0.4, -0.2) is 57.4 Å². The molecule has 0 aromatic rings. The van der Waals surface area contributed by atoms with Crippen molar-refractivity contribution < 1.29 is 29.7 Å². The Morgan fingerprint density at radius 1 is 1.04 bits per heavy atom. The van der Waals surface area contributed by atoms with Gasteiger partial charge < -0.3 is 20.6 Å². The first-order valence-electron chi connectivity index (χ1n) is 9.83. The van der Waals surface area contributed by atoms with Gasteiger partial charge in [-0.2, -0.15) is 0 Å². The van der Waals surface area contributed by atoms with Crippen molar-refractivity contribution in [2.24, 2.45) is 29.6 Å². The van der Waals surface area contributed by atoms with Crippen LogP contribution < -0.4 is 16.2 Å². The van der Waals surface area contributed by atoms with Crippen molar-refractivity contribution in [3.05, 3.63) is 0 Å². The number of fused-ring (bicyclic) bond motifs is 3. The number of aliphatic hydroxyl groups is 2. The lowest BCUT2D eigenvalue weighted by atomic mass is 9.68. The molecule has 0 spiro atoms. The van der Waals surface area contributed by atoms with Gasteiger partial charge in [-0.25, -0.2) is 10.2 Å². The average Bonchev–Trinajstić information content (AvgIpc) is 2.98. The number of rotatable bonds is 4. The number of hydrogen-bond acceptors (Lipinski definition) is 6. The maximum Gasteiger partial charge on any atom is 0.335 e. The monoisotopic (exact) mass is 381 g/mol. The van der Waals surface area contributed by atoms with E-state index in [0.717, 1.165) is 38.5 Å². The molecule has 9 atom stereocenters. The Hall–Kier alpha value is -1.71.